The van der Waals surface area contributed by atoms with Gasteiger partial charge < -0.3 is 20.9 Å². The molecule has 2 aromatic rings. The molecule has 0 aliphatic carbocycles. The molecule has 0 bridgehead atoms. The summed E-state index contributed by atoms with van der Waals surface area (Å²) >= 11 is 5.79. The number of hydrogen-bond donors (Lipinski definition) is 3. The van der Waals surface area contributed by atoms with Crippen LogP contribution in [0.3, 0.4) is 0 Å². The van der Waals surface area contributed by atoms with Crippen LogP contribution < -0.4 is 15.8 Å². The fourth-order valence-electron chi connectivity index (χ4n) is 1.62. The van der Waals surface area contributed by atoms with Crippen LogP contribution in [-0.4, -0.2) is 18.1 Å². The smallest absolute Gasteiger partial charge is 0.255 e. The number of rotatable bonds is 3. The van der Waals surface area contributed by atoms with Gasteiger partial charge in [0.1, 0.15) is 11.5 Å². The van der Waals surface area contributed by atoms with Crippen molar-refractivity contribution in [3.8, 4) is 11.5 Å². The Morgan fingerprint density at radius 1 is 1.30 bits per heavy atom. The molecule has 1 amide bonds. The van der Waals surface area contributed by atoms with Gasteiger partial charge in [0.15, 0.2) is 0 Å². The molecule has 5 nitrogen and oxygen atoms in total. The number of carbonyl (C=O) groups excluding carboxylic acids is 1. The van der Waals surface area contributed by atoms with E-state index in [-0.39, 0.29) is 11.4 Å². The van der Waals surface area contributed by atoms with Crippen LogP contribution in [0.2, 0.25) is 5.02 Å². The molecule has 104 valence electrons. The predicted octanol–water partition coefficient (Wildman–Crippen LogP) is 2.89. The molecule has 2 rings (SSSR count). The Labute approximate surface area is 120 Å². The molecule has 0 saturated heterocycles. The monoisotopic (exact) mass is 292 g/mol. The summed E-state index contributed by atoms with van der Waals surface area (Å²) in [5.41, 5.74) is 6.59. The van der Waals surface area contributed by atoms with Crippen molar-refractivity contribution in [1.82, 2.24) is 0 Å². The van der Waals surface area contributed by atoms with Crippen molar-refractivity contribution >= 4 is 28.9 Å². The van der Waals surface area contributed by atoms with E-state index in [0.717, 1.165) is 0 Å². The fraction of sp³-hybridized carbons (Fsp3) is 0.0714. The number of nitrogens with two attached hydrogens (primary N) is 1. The van der Waals surface area contributed by atoms with Crippen LogP contribution >= 0.6 is 11.6 Å². The third-order valence-corrected chi connectivity index (χ3v) is 3.06. The van der Waals surface area contributed by atoms with Crippen LogP contribution in [-0.2, 0) is 0 Å². The number of anilines is 2. The fourth-order valence-corrected chi connectivity index (χ4v) is 1.74. The minimum absolute atomic E-state index is 0.0837. The highest BCUT2D eigenvalue weighted by molar-refractivity contribution is 6.33. The molecule has 0 aliphatic rings. The molecule has 0 spiro atoms. The standard InChI is InChI=1S/C14H13ClN2O3/c1-20-9-3-5-12(13(18)7-9)17-14(19)8-2-4-10(15)11(16)6-8/h2-7,18H,16H2,1H3,(H,17,19). The Bertz CT molecular complexity index is 659. The SMILES string of the molecule is COc1ccc(NC(=O)c2ccc(Cl)c(N)c2)c(O)c1. The summed E-state index contributed by atoms with van der Waals surface area (Å²) in [7, 11) is 1.49. The quantitative estimate of drug-likeness (QED) is 0.600. The van der Waals surface area contributed by atoms with E-state index in [2.05, 4.69) is 5.32 Å². The number of methoxy groups -OCH3 is 1. The van der Waals surface area contributed by atoms with Crippen LogP contribution in [0, 0.1) is 0 Å². The highest BCUT2D eigenvalue weighted by atomic mass is 35.5. The second-order valence-electron chi connectivity index (χ2n) is 4.07. The molecule has 20 heavy (non-hydrogen) atoms. The number of hydrogen-bond acceptors (Lipinski definition) is 4. The van der Waals surface area contributed by atoms with Crippen LogP contribution in [0.4, 0.5) is 11.4 Å². The second-order valence-corrected chi connectivity index (χ2v) is 4.48. The van der Waals surface area contributed by atoms with E-state index in [4.69, 9.17) is 22.1 Å². The number of aromatic hydroxyl groups is 1. The largest absolute Gasteiger partial charge is 0.506 e. The van der Waals surface area contributed by atoms with Gasteiger partial charge in [0.05, 0.1) is 23.5 Å². The van der Waals surface area contributed by atoms with Crippen molar-refractivity contribution in [2.45, 2.75) is 0 Å². The number of benzene rings is 2. The summed E-state index contributed by atoms with van der Waals surface area (Å²) in [6.07, 6.45) is 0. The summed E-state index contributed by atoms with van der Waals surface area (Å²) in [6, 6.07) is 9.15. The highest BCUT2D eigenvalue weighted by Crippen LogP contribution is 2.28. The third kappa shape index (κ3) is 2.95. The number of nitrogen functional groups attached to an aromatic ring is 1. The van der Waals surface area contributed by atoms with Gasteiger partial charge in [0.25, 0.3) is 5.91 Å². The first-order valence-electron chi connectivity index (χ1n) is 5.74. The van der Waals surface area contributed by atoms with Crippen LogP contribution in [0.5, 0.6) is 11.5 Å². The Morgan fingerprint density at radius 2 is 2.05 bits per heavy atom. The molecule has 0 unspecified atom stereocenters. The predicted molar refractivity (Wildman–Crippen MR) is 78.5 cm³/mol. The lowest BCUT2D eigenvalue weighted by Gasteiger charge is -2.09. The Kier molecular flexibility index (Phi) is 4.00. The summed E-state index contributed by atoms with van der Waals surface area (Å²) in [6.45, 7) is 0. The van der Waals surface area contributed by atoms with Crippen molar-refractivity contribution in [3.05, 3.63) is 47.0 Å². The molecular formula is C14H13ClN2O3. The van der Waals surface area contributed by atoms with Crippen molar-refractivity contribution < 1.29 is 14.6 Å². The van der Waals surface area contributed by atoms with Crippen molar-refractivity contribution in [3.63, 3.8) is 0 Å². The van der Waals surface area contributed by atoms with E-state index < -0.39 is 5.91 Å². The van der Waals surface area contributed by atoms with E-state index in [0.29, 0.717) is 22.0 Å². The zero-order chi connectivity index (χ0) is 14.7. The Hall–Kier alpha value is -2.40. The van der Waals surface area contributed by atoms with E-state index >= 15 is 0 Å². The molecule has 0 saturated carbocycles. The number of halogens is 1. The molecule has 0 aromatic heterocycles. The first-order chi connectivity index (χ1) is 9.51. The number of amides is 1. The van der Waals surface area contributed by atoms with Crippen LogP contribution in [0.1, 0.15) is 10.4 Å². The van der Waals surface area contributed by atoms with Crippen molar-refractivity contribution in [2.24, 2.45) is 0 Å². The number of ether oxygens (including phenoxy) is 1. The highest BCUT2D eigenvalue weighted by Gasteiger charge is 2.11. The summed E-state index contributed by atoms with van der Waals surface area (Å²) < 4.78 is 4.96. The first-order valence-corrected chi connectivity index (χ1v) is 6.12. The lowest BCUT2D eigenvalue weighted by atomic mass is 10.2. The molecule has 6 heteroatoms. The minimum Gasteiger partial charge on any atom is -0.506 e. The normalized spacial score (nSPS) is 10.1. The average Bonchev–Trinajstić information content (AvgIpc) is 2.43. The number of phenolic OH excluding ortho intramolecular Hbond substituents is 1. The lowest BCUT2D eigenvalue weighted by Crippen LogP contribution is -2.12. The molecule has 0 heterocycles. The van der Waals surface area contributed by atoms with Gasteiger partial charge >= 0.3 is 0 Å². The topological polar surface area (TPSA) is 84.6 Å². The zero-order valence-electron chi connectivity index (χ0n) is 10.7. The molecule has 0 aliphatic heterocycles. The molecule has 2 aromatic carbocycles. The average molecular weight is 293 g/mol. The zero-order valence-corrected chi connectivity index (χ0v) is 11.4. The molecule has 4 N–H and O–H groups in total. The van der Waals surface area contributed by atoms with Gasteiger partial charge in [-0.3, -0.25) is 4.79 Å². The van der Waals surface area contributed by atoms with Gasteiger partial charge in [-0.25, -0.2) is 0 Å². The maximum Gasteiger partial charge on any atom is 0.255 e. The first kappa shape index (κ1) is 14.0. The summed E-state index contributed by atoms with van der Waals surface area (Å²) in [4.78, 5) is 12.0. The number of nitrogens with one attached hydrogen (secondary N) is 1. The van der Waals surface area contributed by atoms with Gasteiger partial charge in [0, 0.05) is 11.6 Å². The van der Waals surface area contributed by atoms with Crippen LogP contribution in [0.15, 0.2) is 36.4 Å². The van der Waals surface area contributed by atoms with Crippen molar-refractivity contribution in [1.29, 1.82) is 0 Å². The molecule has 0 radical (unpaired) electrons. The lowest BCUT2D eigenvalue weighted by molar-refractivity contribution is 0.102. The van der Waals surface area contributed by atoms with Gasteiger partial charge in [-0.1, -0.05) is 11.6 Å². The third-order valence-electron chi connectivity index (χ3n) is 2.71. The van der Waals surface area contributed by atoms with Gasteiger partial charge in [-0.15, -0.1) is 0 Å². The maximum atomic E-state index is 12.0. The Morgan fingerprint density at radius 3 is 2.65 bits per heavy atom. The Balaban J connectivity index is 2.21. The van der Waals surface area contributed by atoms with E-state index in [1.165, 1.54) is 19.2 Å². The molecule has 0 fully saturated rings. The minimum atomic E-state index is -0.395. The van der Waals surface area contributed by atoms with E-state index in [1.54, 1.807) is 24.3 Å². The van der Waals surface area contributed by atoms with Gasteiger partial charge in [0.2, 0.25) is 0 Å². The van der Waals surface area contributed by atoms with Crippen molar-refractivity contribution in [2.75, 3.05) is 18.2 Å². The number of carbonyl (C=O) groups is 1. The van der Waals surface area contributed by atoms with E-state index in [1.807, 2.05) is 0 Å². The summed E-state index contributed by atoms with van der Waals surface area (Å²) in [5.74, 6) is 0.0182. The molecular weight excluding hydrogens is 280 g/mol. The molecule has 0 atom stereocenters. The summed E-state index contributed by atoms with van der Waals surface area (Å²) in [5, 5.41) is 12.7. The number of phenols is 1. The second kappa shape index (κ2) is 5.71. The van der Waals surface area contributed by atoms with Gasteiger partial charge in [-0.2, -0.15) is 0 Å². The van der Waals surface area contributed by atoms with Crippen LogP contribution in [0.25, 0.3) is 0 Å². The van der Waals surface area contributed by atoms with E-state index in [9.17, 15) is 9.90 Å². The van der Waals surface area contributed by atoms with Gasteiger partial charge in [-0.05, 0) is 30.3 Å². The maximum absolute atomic E-state index is 12.0.